The number of hydrogen-bond donors (Lipinski definition) is 2. The van der Waals surface area contributed by atoms with Gasteiger partial charge < -0.3 is 25.5 Å². The summed E-state index contributed by atoms with van der Waals surface area (Å²) in [5.74, 6) is -4.35. The average Bonchev–Trinajstić information content (AvgIpc) is 3.59. The Morgan fingerprint density at radius 1 is 1.12 bits per heavy atom. The summed E-state index contributed by atoms with van der Waals surface area (Å²) in [6, 6.07) is 10.9. The Morgan fingerprint density at radius 3 is 2.55 bits per heavy atom. The zero-order valence-corrected chi connectivity index (χ0v) is 28.5. The van der Waals surface area contributed by atoms with Gasteiger partial charge in [0.15, 0.2) is 9.84 Å². The molecule has 0 saturated carbocycles. The summed E-state index contributed by atoms with van der Waals surface area (Å²) in [6.07, 6.45) is -5.03. The lowest BCUT2D eigenvalue weighted by molar-refractivity contribution is -0.200. The Balaban J connectivity index is 1.61. The van der Waals surface area contributed by atoms with E-state index in [1.54, 1.807) is 24.3 Å². The van der Waals surface area contributed by atoms with E-state index in [1.807, 2.05) is 0 Å². The van der Waals surface area contributed by atoms with Crippen LogP contribution in [0.1, 0.15) is 43.0 Å². The number of amides is 2. The summed E-state index contributed by atoms with van der Waals surface area (Å²) < 4.78 is 85.9. The van der Waals surface area contributed by atoms with Crippen LogP contribution < -0.4 is 16.1 Å². The van der Waals surface area contributed by atoms with Crippen LogP contribution in [0.3, 0.4) is 0 Å². The van der Waals surface area contributed by atoms with Gasteiger partial charge in [-0.1, -0.05) is 18.5 Å². The van der Waals surface area contributed by atoms with Crippen LogP contribution in [0.2, 0.25) is 5.02 Å². The van der Waals surface area contributed by atoms with E-state index in [1.165, 1.54) is 30.2 Å². The Labute approximate surface area is 293 Å². The van der Waals surface area contributed by atoms with Gasteiger partial charge in [0.2, 0.25) is 5.91 Å². The van der Waals surface area contributed by atoms with Gasteiger partial charge in [0.25, 0.3) is 0 Å². The molecule has 1 fully saturated rings. The second kappa shape index (κ2) is 14.6. The first-order chi connectivity index (χ1) is 24.0. The van der Waals surface area contributed by atoms with Gasteiger partial charge >= 0.3 is 18.2 Å². The number of fused-ring (bicyclic) bond motifs is 1. The number of nitrogen functional groups attached to an aromatic ring is 1. The molecule has 3 N–H and O–H groups in total. The number of nitrogens with zero attached hydrogens (tertiary/aromatic N) is 3. The van der Waals surface area contributed by atoms with Crippen molar-refractivity contribution in [3.63, 3.8) is 0 Å². The number of nitrogens with one attached hydrogen (secondary N) is 1. The molecule has 0 aliphatic carbocycles. The number of carbonyl (C=O) groups is 3. The third kappa shape index (κ3) is 7.78. The van der Waals surface area contributed by atoms with Crippen molar-refractivity contribution in [1.82, 2.24) is 9.88 Å². The summed E-state index contributed by atoms with van der Waals surface area (Å²) in [5, 5.41) is 4.41. The van der Waals surface area contributed by atoms with Crippen LogP contribution in [0.5, 0.6) is 0 Å². The SMILES string of the molecule is CCS(=O)(=O)c1ccc(N(OC(=O)C(F)(F)F)C(=O)OC)cc1[C@H]1CCCN1C(=O)[C@H](Nc1ccc2c(N)nccc2c1)c1cc(Cl)ccc1F. The zero-order chi connectivity index (χ0) is 37.2. The lowest BCUT2D eigenvalue weighted by atomic mass is 10.00. The van der Waals surface area contributed by atoms with Gasteiger partial charge in [0.1, 0.15) is 17.7 Å². The molecule has 1 aromatic heterocycles. The molecule has 51 heavy (non-hydrogen) atoms. The van der Waals surface area contributed by atoms with Crippen molar-refractivity contribution in [2.45, 2.75) is 42.9 Å². The number of hydroxylamine groups is 1. The highest BCUT2D eigenvalue weighted by atomic mass is 35.5. The molecule has 5 rings (SSSR count). The summed E-state index contributed by atoms with van der Waals surface area (Å²) in [6.45, 7) is 1.43. The van der Waals surface area contributed by atoms with Crippen molar-refractivity contribution in [2.24, 2.45) is 0 Å². The van der Waals surface area contributed by atoms with Gasteiger partial charge in [-0.25, -0.2) is 27.4 Å². The monoisotopic (exact) mass is 751 g/mol. The van der Waals surface area contributed by atoms with Crippen LogP contribution in [0, 0.1) is 5.82 Å². The van der Waals surface area contributed by atoms with Crippen molar-refractivity contribution in [1.29, 1.82) is 0 Å². The number of halogens is 5. The van der Waals surface area contributed by atoms with Crippen LogP contribution in [0.25, 0.3) is 10.8 Å². The number of alkyl halides is 3. The predicted molar refractivity (Wildman–Crippen MR) is 179 cm³/mol. The maximum absolute atomic E-state index is 15.5. The van der Waals surface area contributed by atoms with Crippen molar-refractivity contribution < 1.29 is 49.9 Å². The van der Waals surface area contributed by atoms with E-state index in [-0.39, 0.29) is 44.9 Å². The molecule has 0 spiro atoms. The first-order valence-corrected chi connectivity index (χ1v) is 17.3. The summed E-state index contributed by atoms with van der Waals surface area (Å²) in [5.41, 5.74) is 5.66. The van der Waals surface area contributed by atoms with E-state index >= 15 is 4.39 Å². The highest BCUT2D eigenvalue weighted by Gasteiger charge is 2.44. The number of benzene rings is 3. The van der Waals surface area contributed by atoms with Crippen LogP contribution in [-0.4, -0.2) is 61.9 Å². The number of aromatic nitrogens is 1. The lowest BCUT2D eigenvalue weighted by Crippen LogP contribution is -2.39. The Morgan fingerprint density at radius 2 is 1.86 bits per heavy atom. The Kier molecular flexibility index (Phi) is 10.6. The molecule has 1 aliphatic rings. The standard InChI is InChI=1S/C33H30ClF4N5O7S/c1-3-51(47,48)27-11-8-21(43(32(46)49-2)50-31(45)33(36,37)38)17-24(27)26-5-4-14-42(26)30(44)28(23-16-19(34)6-10-25(23)35)41-20-7-9-22-18(15-20)12-13-40-29(22)39/h6-13,15-17,26,28,41H,3-5,14H2,1-2H3,(H2,39,40)/t26-,28-/m1/s1. The van der Waals surface area contributed by atoms with E-state index in [4.69, 9.17) is 17.3 Å². The maximum Gasteiger partial charge on any atom is 0.493 e. The maximum atomic E-state index is 15.5. The lowest BCUT2D eigenvalue weighted by Gasteiger charge is -2.32. The fourth-order valence-corrected chi connectivity index (χ4v) is 7.08. The minimum Gasteiger partial charge on any atom is -0.450 e. The fourth-order valence-electron chi connectivity index (χ4n) is 5.76. The molecular formula is C33H30ClF4N5O7S. The highest BCUT2D eigenvalue weighted by Crippen LogP contribution is 2.41. The summed E-state index contributed by atoms with van der Waals surface area (Å²) in [7, 11) is -3.23. The molecule has 2 heterocycles. The van der Waals surface area contributed by atoms with Crippen molar-refractivity contribution in [3.05, 3.63) is 88.8 Å². The molecule has 1 saturated heterocycles. The van der Waals surface area contributed by atoms with Crippen molar-refractivity contribution in [3.8, 4) is 0 Å². The number of rotatable bonds is 8. The van der Waals surface area contributed by atoms with Crippen LogP contribution in [-0.2, 0) is 29.0 Å². The topological polar surface area (TPSA) is 161 Å². The number of ether oxygens (including phenoxy) is 1. The van der Waals surface area contributed by atoms with Gasteiger partial charge in [-0.3, -0.25) is 4.79 Å². The van der Waals surface area contributed by atoms with E-state index < -0.39 is 63.3 Å². The van der Waals surface area contributed by atoms with Gasteiger partial charge in [-0.2, -0.15) is 13.2 Å². The van der Waals surface area contributed by atoms with Gasteiger partial charge in [-0.15, -0.1) is 5.06 Å². The van der Waals surface area contributed by atoms with E-state index in [2.05, 4.69) is 19.9 Å². The molecule has 18 heteroatoms. The summed E-state index contributed by atoms with van der Waals surface area (Å²) in [4.78, 5) is 48.2. The minimum atomic E-state index is -5.50. The Hall–Kier alpha value is -5.16. The number of likely N-dealkylation sites (tertiary alicyclic amines) is 1. The predicted octanol–water partition coefficient (Wildman–Crippen LogP) is 6.51. The number of methoxy groups -OCH3 is 1. The second-order valence-electron chi connectivity index (χ2n) is 11.3. The number of nitrogens with two attached hydrogens (primary N) is 1. The molecule has 4 aromatic rings. The van der Waals surface area contributed by atoms with Crippen molar-refractivity contribution >= 4 is 67.4 Å². The van der Waals surface area contributed by atoms with E-state index in [0.717, 1.165) is 31.4 Å². The third-order valence-electron chi connectivity index (χ3n) is 8.21. The first-order valence-electron chi connectivity index (χ1n) is 15.3. The normalized spacial score (nSPS) is 15.4. The Bertz CT molecular complexity index is 2120. The highest BCUT2D eigenvalue weighted by molar-refractivity contribution is 7.91. The third-order valence-corrected chi connectivity index (χ3v) is 10.2. The average molecular weight is 752 g/mol. The largest absolute Gasteiger partial charge is 0.493 e. The number of sulfone groups is 1. The van der Waals surface area contributed by atoms with Gasteiger partial charge in [0.05, 0.1) is 29.5 Å². The smallest absolute Gasteiger partial charge is 0.450 e. The molecular weight excluding hydrogens is 722 g/mol. The number of carbonyl (C=O) groups excluding carboxylic acids is 3. The number of pyridine rings is 1. The molecule has 0 bridgehead atoms. The number of hydrogen-bond acceptors (Lipinski definition) is 10. The molecule has 12 nitrogen and oxygen atoms in total. The molecule has 2 atom stereocenters. The van der Waals surface area contributed by atoms with Crippen LogP contribution in [0.4, 0.5) is 39.5 Å². The summed E-state index contributed by atoms with van der Waals surface area (Å²) >= 11 is 6.23. The van der Waals surface area contributed by atoms with E-state index in [9.17, 15) is 36.0 Å². The first kappa shape index (κ1) is 37.1. The van der Waals surface area contributed by atoms with Crippen molar-refractivity contribution in [2.75, 3.05) is 35.5 Å². The number of anilines is 3. The molecule has 270 valence electrons. The molecule has 1 aliphatic heterocycles. The van der Waals surface area contributed by atoms with Crippen LogP contribution >= 0.6 is 11.6 Å². The zero-order valence-electron chi connectivity index (χ0n) is 26.9. The van der Waals surface area contributed by atoms with E-state index in [0.29, 0.717) is 22.9 Å². The molecule has 0 radical (unpaired) electrons. The molecule has 3 aromatic carbocycles. The van der Waals surface area contributed by atoms with Gasteiger partial charge in [0, 0.05) is 34.4 Å². The molecule has 2 amide bonds. The minimum absolute atomic E-state index is 0.0589. The quantitative estimate of drug-likeness (QED) is 0.150. The molecule has 0 unspecified atom stereocenters. The van der Waals surface area contributed by atoms with Crippen LogP contribution in [0.15, 0.2) is 71.8 Å². The fraction of sp³-hybridized carbons (Fsp3) is 0.273. The second-order valence-corrected chi connectivity index (χ2v) is 14.0. The van der Waals surface area contributed by atoms with Gasteiger partial charge in [-0.05, 0) is 84.5 Å².